The first kappa shape index (κ1) is 10.1. The fourth-order valence-corrected chi connectivity index (χ4v) is 0.664. The highest BCUT2D eigenvalue weighted by molar-refractivity contribution is 5.73. The zero-order valence-corrected chi connectivity index (χ0v) is 6.45. The molecule has 0 aliphatic rings. The third kappa shape index (κ3) is 3.75. The van der Waals surface area contributed by atoms with Crippen LogP contribution in [0, 0.1) is 0 Å². The molecule has 64 valence electrons. The second kappa shape index (κ2) is 4.87. The van der Waals surface area contributed by atoms with Crippen LogP contribution in [-0.4, -0.2) is 34.9 Å². The van der Waals surface area contributed by atoms with Crippen molar-refractivity contribution in [1.82, 2.24) is 5.32 Å². The van der Waals surface area contributed by atoms with Gasteiger partial charge in [-0.25, -0.2) is 0 Å². The fraction of sp³-hybridized carbons (Fsp3) is 0.571. The van der Waals surface area contributed by atoms with Crippen LogP contribution in [0.3, 0.4) is 0 Å². The topological polar surface area (TPSA) is 69.6 Å². The molecule has 3 N–H and O–H groups in total. The summed E-state index contributed by atoms with van der Waals surface area (Å²) in [4.78, 5) is 10.5. The van der Waals surface area contributed by atoms with E-state index in [-0.39, 0.29) is 12.5 Å². The number of hydrogen-bond donors (Lipinski definition) is 3. The van der Waals surface area contributed by atoms with Crippen LogP contribution >= 0.6 is 0 Å². The normalized spacial score (nSPS) is 15.2. The van der Waals surface area contributed by atoms with E-state index >= 15 is 0 Å². The van der Waals surface area contributed by atoms with Crippen molar-refractivity contribution < 1.29 is 15.0 Å². The van der Waals surface area contributed by atoms with Gasteiger partial charge in [-0.1, -0.05) is 6.08 Å². The summed E-state index contributed by atoms with van der Waals surface area (Å²) < 4.78 is 0. The Morgan fingerprint density at radius 3 is 2.64 bits per heavy atom. The summed E-state index contributed by atoms with van der Waals surface area (Å²) in [6.07, 6.45) is 0.362. The molecule has 4 heteroatoms. The molecule has 0 radical (unpaired) electrons. The fourth-order valence-electron chi connectivity index (χ4n) is 0.664. The molecular formula is C7H13NO3. The summed E-state index contributed by atoms with van der Waals surface area (Å²) in [5.41, 5.74) is 0. The molecule has 0 aliphatic carbocycles. The second-order valence-corrected chi connectivity index (χ2v) is 2.22. The average Bonchev–Trinajstić information content (AvgIpc) is 1.98. The number of aliphatic hydroxyl groups is 2. The summed E-state index contributed by atoms with van der Waals surface area (Å²) in [5.74, 6) is -0.287. The Hall–Kier alpha value is -0.870. The first-order valence-electron chi connectivity index (χ1n) is 3.30. The van der Waals surface area contributed by atoms with E-state index in [9.17, 15) is 4.79 Å². The zero-order valence-electron chi connectivity index (χ0n) is 6.45. The van der Waals surface area contributed by atoms with Crippen molar-refractivity contribution in [3.05, 3.63) is 12.7 Å². The van der Waals surface area contributed by atoms with E-state index in [4.69, 9.17) is 10.2 Å². The lowest BCUT2D eigenvalue weighted by atomic mass is 10.2. The number of rotatable bonds is 4. The minimum absolute atomic E-state index is 0.287. The molecule has 0 saturated heterocycles. The van der Waals surface area contributed by atoms with E-state index in [0.29, 0.717) is 0 Å². The zero-order chi connectivity index (χ0) is 8.85. The van der Waals surface area contributed by atoms with E-state index in [2.05, 4.69) is 11.9 Å². The summed E-state index contributed by atoms with van der Waals surface area (Å²) in [6.45, 7) is 4.34. The lowest BCUT2D eigenvalue weighted by Gasteiger charge is -2.17. The van der Waals surface area contributed by atoms with Crippen LogP contribution in [0.15, 0.2) is 12.7 Å². The first-order chi connectivity index (χ1) is 5.11. The lowest BCUT2D eigenvalue weighted by molar-refractivity contribution is -0.120. The number of carbonyl (C=O) groups is 1. The van der Waals surface area contributed by atoms with Crippen LogP contribution < -0.4 is 5.32 Å². The van der Waals surface area contributed by atoms with Gasteiger partial charge in [0, 0.05) is 6.92 Å². The van der Waals surface area contributed by atoms with Crippen molar-refractivity contribution in [1.29, 1.82) is 0 Å². The highest BCUT2D eigenvalue weighted by Crippen LogP contribution is 1.92. The minimum atomic E-state index is -0.899. The van der Waals surface area contributed by atoms with E-state index in [1.54, 1.807) is 0 Å². The molecule has 0 aliphatic heterocycles. The Morgan fingerprint density at radius 1 is 1.82 bits per heavy atom. The van der Waals surface area contributed by atoms with Crippen LogP contribution in [0.25, 0.3) is 0 Å². The number of amides is 1. The van der Waals surface area contributed by atoms with Gasteiger partial charge in [-0.2, -0.15) is 0 Å². The Balaban J connectivity index is 3.93. The van der Waals surface area contributed by atoms with Gasteiger partial charge in [0.15, 0.2) is 0 Å². The van der Waals surface area contributed by atoms with Crippen molar-refractivity contribution in [3.8, 4) is 0 Å². The molecule has 1 amide bonds. The molecule has 0 aromatic rings. The Labute approximate surface area is 65.5 Å². The molecule has 2 atom stereocenters. The quantitative estimate of drug-likeness (QED) is 0.462. The van der Waals surface area contributed by atoms with Gasteiger partial charge in [-0.15, -0.1) is 6.58 Å². The average molecular weight is 159 g/mol. The summed E-state index contributed by atoms with van der Waals surface area (Å²) in [6, 6.07) is -0.648. The van der Waals surface area contributed by atoms with Crippen molar-refractivity contribution >= 4 is 5.91 Å². The van der Waals surface area contributed by atoms with Gasteiger partial charge in [0.25, 0.3) is 0 Å². The number of hydrogen-bond acceptors (Lipinski definition) is 3. The number of aliphatic hydroxyl groups excluding tert-OH is 2. The maximum Gasteiger partial charge on any atom is 0.217 e. The van der Waals surface area contributed by atoms with Gasteiger partial charge in [-0.05, 0) is 0 Å². The first-order valence-corrected chi connectivity index (χ1v) is 3.30. The third-order valence-corrected chi connectivity index (χ3v) is 1.24. The molecule has 4 nitrogen and oxygen atoms in total. The second-order valence-electron chi connectivity index (χ2n) is 2.22. The van der Waals surface area contributed by atoms with E-state index in [0.717, 1.165) is 0 Å². The maximum atomic E-state index is 10.5. The largest absolute Gasteiger partial charge is 0.394 e. The summed E-state index contributed by atoms with van der Waals surface area (Å²) >= 11 is 0. The van der Waals surface area contributed by atoms with E-state index < -0.39 is 12.1 Å². The molecule has 0 rings (SSSR count). The molecule has 0 aromatic heterocycles. The monoisotopic (exact) mass is 159 g/mol. The Morgan fingerprint density at radius 2 is 2.36 bits per heavy atom. The molecule has 11 heavy (non-hydrogen) atoms. The van der Waals surface area contributed by atoms with Crippen LogP contribution in [-0.2, 0) is 4.79 Å². The molecule has 0 heterocycles. The van der Waals surface area contributed by atoms with Crippen molar-refractivity contribution in [3.63, 3.8) is 0 Å². The number of carbonyl (C=O) groups excluding carboxylic acids is 1. The van der Waals surface area contributed by atoms with Crippen molar-refractivity contribution in [2.75, 3.05) is 6.61 Å². The third-order valence-electron chi connectivity index (χ3n) is 1.24. The molecule has 0 spiro atoms. The lowest BCUT2D eigenvalue weighted by Crippen LogP contribution is -2.44. The smallest absolute Gasteiger partial charge is 0.217 e. The van der Waals surface area contributed by atoms with Gasteiger partial charge in [0.1, 0.15) is 0 Å². The van der Waals surface area contributed by atoms with Crippen LogP contribution in [0.1, 0.15) is 6.92 Å². The van der Waals surface area contributed by atoms with E-state index in [1.807, 2.05) is 0 Å². The summed E-state index contributed by atoms with van der Waals surface area (Å²) in [5, 5.41) is 20.1. The van der Waals surface area contributed by atoms with Gasteiger partial charge < -0.3 is 15.5 Å². The van der Waals surface area contributed by atoms with Gasteiger partial charge in [-0.3, -0.25) is 4.79 Å². The minimum Gasteiger partial charge on any atom is -0.394 e. The maximum absolute atomic E-state index is 10.5. The predicted octanol–water partition coefficient (Wildman–Crippen LogP) is -0.970. The van der Waals surface area contributed by atoms with Crippen molar-refractivity contribution in [2.45, 2.75) is 19.1 Å². The Bertz CT molecular complexity index is 147. The molecule has 0 aromatic carbocycles. The molecule has 0 saturated carbocycles. The summed E-state index contributed by atoms with van der Waals surface area (Å²) in [7, 11) is 0. The van der Waals surface area contributed by atoms with Crippen LogP contribution in [0.2, 0.25) is 0 Å². The molecule has 0 unspecified atom stereocenters. The van der Waals surface area contributed by atoms with Gasteiger partial charge in [0.05, 0.1) is 18.8 Å². The molecule has 0 fully saturated rings. The Kier molecular flexibility index (Phi) is 4.49. The molecule has 0 bridgehead atoms. The molecular weight excluding hydrogens is 146 g/mol. The van der Waals surface area contributed by atoms with Crippen molar-refractivity contribution in [2.24, 2.45) is 0 Å². The standard InChI is InChI=1S/C7H13NO3/c1-3-7(11)6(4-9)8-5(2)10/h3,6-7,9,11H,1,4H2,2H3,(H,8,10)/t6-,7+/m0/s1. The predicted molar refractivity (Wildman–Crippen MR) is 40.9 cm³/mol. The van der Waals surface area contributed by atoms with Gasteiger partial charge >= 0.3 is 0 Å². The van der Waals surface area contributed by atoms with E-state index in [1.165, 1.54) is 13.0 Å². The SMILES string of the molecule is C=C[C@@H](O)[C@H](CO)NC(C)=O. The highest BCUT2D eigenvalue weighted by atomic mass is 16.3. The van der Waals surface area contributed by atoms with Crippen LogP contribution in [0.5, 0.6) is 0 Å². The van der Waals surface area contributed by atoms with Gasteiger partial charge in [0.2, 0.25) is 5.91 Å². The van der Waals surface area contributed by atoms with Crippen LogP contribution in [0.4, 0.5) is 0 Å². The highest BCUT2D eigenvalue weighted by Gasteiger charge is 2.15. The number of nitrogens with one attached hydrogen (secondary N) is 1.